The van der Waals surface area contributed by atoms with Gasteiger partial charge in [-0.15, -0.1) is 11.8 Å². The summed E-state index contributed by atoms with van der Waals surface area (Å²) in [5.41, 5.74) is 0.683. The predicted molar refractivity (Wildman–Crippen MR) is 82.1 cm³/mol. The second-order valence-electron chi connectivity index (χ2n) is 4.60. The Morgan fingerprint density at radius 1 is 1.25 bits per heavy atom. The Kier molecular flexibility index (Phi) is 6.58. The zero-order valence-corrected chi connectivity index (χ0v) is 12.9. The highest BCUT2D eigenvalue weighted by Crippen LogP contribution is 2.31. The molecule has 1 atom stereocenters. The SMILES string of the molecule is CCC(CC)C(=O)Nc1ccccc1S[C@@H](C)C(=O)O. The summed E-state index contributed by atoms with van der Waals surface area (Å²) in [6.07, 6.45) is 1.59. The molecule has 0 radical (unpaired) electrons. The van der Waals surface area contributed by atoms with Crippen molar-refractivity contribution in [3.63, 3.8) is 0 Å². The number of carboxylic acid groups (broad SMARTS) is 1. The summed E-state index contributed by atoms with van der Waals surface area (Å²) in [7, 11) is 0. The van der Waals surface area contributed by atoms with Gasteiger partial charge in [-0.1, -0.05) is 26.0 Å². The fourth-order valence-corrected chi connectivity index (χ4v) is 2.69. The van der Waals surface area contributed by atoms with Gasteiger partial charge in [-0.2, -0.15) is 0 Å². The average molecular weight is 295 g/mol. The Bertz CT molecular complexity index is 472. The minimum atomic E-state index is -0.865. The summed E-state index contributed by atoms with van der Waals surface area (Å²) in [5, 5.41) is 11.3. The van der Waals surface area contributed by atoms with Crippen LogP contribution < -0.4 is 5.32 Å². The zero-order valence-electron chi connectivity index (χ0n) is 12.1. The van der Waals surface area contributed by atoms with Crippen molar-refractivity contribution >= 4 is 29.3 Å². The molecule has 4 nitrogen and oxygen atoms in total. The van der Waals surface area contributed by atoms with E-state index in [1.165, 1.54) is 11.8 Å². The number of carboxylic acids is 1. The van der Waals surface area contributed by atoms with Crippen LogP contribution in [0.3, 0.4) is 0 Å². The first kappa shape index (κ1) is 16.6. The highest BCUT2D eigenvalue weighted by atomic mass is 32.2. The number of anilines is 1. The van der Waals surface area contributed by atoms with Crippen LogP contribution in [-0.4, -0.2) is 22.2 Å². The quantitative estimate of drug-likeness (QED) is 0.754. The zero-order chi connectivity index (χ0) is 15.1. The average Bonchev–Trinajstić information content (AvgIpc) is 2.42. The van der Waals surface area contributed by atoms with E-state index in [1.54, 1.807) is 13.0 Å². The van der Waals surface area contributed by atoms with E-state index in [0.717, 1.165) is 17.7 Å². The molecule has 1 rings (SSSR count). The van der Waals surface area contributed by atoms with Gasteiger partial charge in [0.05, 0.1) is 5.69 Å². The smallest absolute Gasteiger partial charge is 0.316 e. The summed E-state index contributed by atoms with van der Waals surface area (Å²) in [6.45, 7) is 5.61. The molecule has 0 unspecified atom stereocenters. The lowest BCUT2D eigenvalue weighted by atomic mass is 10.0. The normalized spacial score (nSPS) is 12.2. The van der Waals surface area contributed by atoms with E-state index in [2.05, 4.69) is 5.32 Å². The maximum atomic E-state index is 12.1. The van der Waals surface area contributed by atoms with Crippen molar-refractivity contribution in [1.29, 1.82) is 0 Å². The Balaban J connectivity index is 2.85. The van der Waals surface area contributed by atoms with Gasteiger partial charge in [0.2, 0.25) is 5.91 Å². The number of carbonyl (C=O) groups is 2. The molecule has 110 valence electrons. The standard InChI is InChI=1S/C15H21NO3S/c1-4-11(5-2)14(17)16-12-8-6-7-9-13(12)20-10(3)15(18)19/h6-11H,4-5H2,1-3H3,(H,16,17)(H,18,19)/t10-/m0/s1. The van der Waals surface area contributed by atoms with E-state index in [0.29, 0.717) is 5.69 Å². The van der Waals surface area contributed by atoms with Gasteiger partial charge in [0.25, 0.3) is 0 Å². The Morgan fingerprint density at radius 2 is 1.85 bits per heavy atom. The van der Waals surface area contributed by atoms with Gasteiger partial charge in [-0.25, -0.2) is 0 Å². The third kappa shape index (κ3) is 4.56. The number of hydrogen-bond acceptors (Lipinski definition) is 3. The van der Waals surface area contributed by atoms with Crippen molar-refractivity contribution in [1.82, 2.24) is 0 Å². The van der Waals surface area contributed by atoms with E-state index < -0.39 is 11.2 Å². The third-order valence-electron chi connectivity index (χ3n) is 3.15. The summed E-state index contributed by atoms with van der Waals surface area (Å²) < 4.78 is 0. The van der Waals surface area contributed by atoms with Crippen LogP contribution in [0.15, 0.2) is 29.2 Å². The molecule has 0 aliphatic rings. The molecule has 0 saturated heterocycles. The molecule has 5 heteroatoms. The minimum absolute atomic E-state index is 0.00831. The van der Waals surface area contributed by atoms with E-state index >= 15 is 0 Å². The van der Waals surface area contributed by atoms with Gasteiger partial charge < -0.3 is 10.4 Å². The maximum Gasteiger partial charge on any atom is 0.316 e. The fourth-order valence-electron chi connectivity index (χ4n) is 1.81. The number of aliphatic carboxylic acids is 1. The lowest BCUT2D eigenvalue weighted by molar-refractivity contribution is -0.136. The number of carbonyl (C=O) groups excluding carboxylic acids is 1. The monoisotopic (exact) mass is 295 g/mol. The van der Waals surface area contributed by atoms with E-state index in [9.17, 15) is 9.59 Å². The molecular weight excluding hydrogens is 274 g/mol. The lowest BCUT2D eigenvalue weighted by Crippen LogP contribution is -2.22. The van der Waals surface area contributed by atoms with Crippen LogP contribution in [0.2, 0.25) is 0 Å². The molecule has 0 bridgehead atoms. The number of benzene rings is 1. The highest BCUT2D eigenvalue weighted by molar-refractivity contribution is 8.00. The topological polar surface area (TPSA) is 66.4 Å². The Morgan fingerprint density at radius 3 is 2.40 bits per heavy atom. The molecule has 2 N–H and O–H groups in total. The van der Waals surface area contributed by atoms with Gasteiger partial charge in [-0.05, 0) is 31.9 Å². The fraction of sp³-hybridized carbons (Fsp3) is 0.467. The number of nitrogens with one attached hydrogen (secondary N) is 1. The van der Waals surface area contributed by atoms with Gasteiger partial charge in [0, 0.05) is 10.8 Å². The predicted octanol–water partition coefficient (Wildman–Crippen LogP) is 3.63. The summed E-state index contributed by atoms with van der Waals surface area (Å²) in [4.78, 5) is 23.8. The number of rotatable bonds is 7. The lowest BCUT2D eigenvalue weighted by Gasteiger charge is -2.16. The molecule has 0 spiro atoms. The van der Waals surface area contributed by atoms with Gasteiger partial charge in [0.1, 0.15) is 5.25 Å². The molecule has 0 aliphatic heterocycles. The molecule has 0 saturated carbocycles. The maximum absolute atomic E-state index is 12.1. The van der Waals surface area contributed by atoms with Crippen LogP contribution in [0.1, 0.15) is 33.6 Å². The highest BCUT2D eigenvalue weighted by Gasteiger charge is 2.18. The van der Waals surface area contributed by atoms with Crippen LogP contribution in [0.25, 0.3) is 0 Å². The first-order chi connectivity index (χ1) is 9.49. The Hall–Kier alpha value is -1.49. The molecule has 0 fully saturated rings. The number of hydrogen-bond donors (Lipinski definition) is 2. The largest absolute Gasteiger partial charge is 0.480 e. The van der Waals surface area contributed by atoms with Crippen molar-refractivity contribution in [3.8, 4) is 0 Å². The van der Waals surface area contributed by atoms with Crippen LogP contribution in [0.4, 0.5) is 5.69 Å². The molecule has 1 aromatic carbocycles. The molecular formula is C15H21NO3S. The minimum Gasteiger partial charge on any atom is -0.480 e. The Labute approximate surface area is 124 Å². The van der Waals surface area contributed by atoms with Crippen molar-refractivity contribution < 1.29 is 14.7 Å². The molecule has 0 heterocycles. The van der Waals surface area contributed by atoms with Crippen LogP contribution in [-0.2, 0) is 9.59 Å². The molecule has 1 amide bonds. The van der Waals surface area contributed by atoms with Gasteiger partial charge in [0.15, 0.2) is 0 Å². The van der Waals surface area contributed by atoms with E-state index in [4.69, 9.17) is 5.11 Å². The van der Waals surface area contributed by atoms with E-state index in [1.807, 2.05) is 32.0 Å². The number of para-hydroxylation sites is 1. The summed E-state index contributed by atoms with van der Waals surface area (Å²) in [5.74, 6) is -0.882. The van der Waals surface area contributed by atoms with Crippen LogP contribution in [0.5, 0.6) is 0 Å². The van der Waals surface area contributed by atoms with Crippen molar-refractivity contribution in [2.45, 2.75) is 43.8 Å². The van der Waals surface area contributed by atoms with Crippen LogP contribution in [0, 0.1) is 5.92 Å². The summed E-state index contributed by atoms with van der Waals surface area (Å²) >= 11 is 1.23. The van der Waals surface area contributed by atoms with Crippen molar-refractivity contribution in [3.05, 3.63) is 24.3 Å². The third-order valence-corrected chi connectivity index (χ3v) is 4.32. The summed E-state index contributed by atoms with van der Waals surface area (Å²) in [6, 6.07) is 7.30. The number of amides is 1. The first-order valence-corrected chi connectivity index (χ1v) is 7.66. The molecule has 1 aromatic rings. The van der Waals surface area contributed by atoms with Crippen molar-refractivity contribution in [2.24, 2.45) is 5.92 Å². The van der Waals surface area contributed by atoms with Crippen LogP contribution >= 0.6 is 11.8 Å². The van der Waals surface area contributed by atoms with Crippen molar-refractivity contribution in [2.75, 3.05) is 5.32 Å². The van der Waals surface area contributed by atoms with E-state index in [-0.39, 0.29) is 11.8 Å². The molecule has 0 aliphatic carbocycles. The van der Waals surface area contributed by atoms with Gasteiger partial charge >= 0.3 is 5.97 Å². The number of thioether (sulfide) groups is 1. The molecule has 20 heavy (non-hydrogen) atoms. The second kappa shape index (κ2) is 7.94. The molecule has 0 aromatic heterocycles. The first-order valence-electron chi connectivity index (χ1n) is 6.78. The second-order valence-corrected chi connectivity index (χ2v) is 5.98. The van der Waals surface area contributed by atoms with Gasteiger partial charge in [-0.3, -0.25) is 9.59 Å².